The van der Waals surface area contributed by atoms with Gasteiger partial charge < -0.3 is 20.5 Å². The maximum absolute atomic E-state index is 13.0. The molecule has 1 saturated heterocycles. The number of aromatic nitrogens is 3. The summed E-state index contributed by atoms with van der Waals surface area (Å²) < 4.78 is 5.42. The number of piperidine rings is 1. The quantitative estimate of drug-likeness (QED) is 0.329. The Morgan fingerprint density at radius 1 is 1.15 bits per heavy atom. The standard InChI is InChI=1S/C28H35N7O4/c1-3-23-25(33-35(19(2)27(36)37)28(38)39-17-20-8-5-4-6-9-20)31-18-32-26(23)34-14-11-21(12-15-34)24-22(16-29)10-7-13-30-24/h4-10,13,18-19,21H,3,11-12,14-17,29H2,1-2H3,(H,36,37)(H,31,32,33)/t19-/m0/s1. The van der Waals surface area contributed by atoms with Gasteiger partial charge in [-0.2, -0.15) is 0 Å². The summed E-state index contributed by atoms with van der Waals surface area (Å²) in [6.07, 6.45) is 4.79. The smallest absolute Gasteiger partial charge is 0.429 e. The third kappa shape index (κ3) is 6.61. The fourth-order valence-electron chi connectivity index (χ4n) is 4.77. The molecule has 4 rings (SSSR count). The van der Waals surface area contributed by atoms with Crippen molar-refractivity contribution in [1.82, 2.24) is 20.0 Å². The lowest BCUT2D eigenvalue weighted by molar-refractivity contribution is -0.141. The van der Waals surface area contributed by atoms with Crippen LogP contribution in [0.2, 0.25) is 0 Å². The summed E-state index contributed by atoms with van der Waals surface area (Å²) in [5, 5.41) is 10.6. The van der Waals surface area contributed by atoms with E-state index in [1.54, 1.807) is 0 Å². The molecule has 0 aliphatic carbocycles. The SMILES string of the molecule is CCc1c(NN(C(=O)OCc2ccccc2)[C@@H](C)C(=O)O)ncnc1N1CCC(c2ncccc2CN)CC1. The van der Waals surface area contributed by atoms with Gasteiger partial charge in [-0.1, -0.05) is 43.3 Å². The first-order valence-electron chi connectivity index (χ1n) is 13.1. The molecule has 1 atom stereocenters. The fraction of sp³-hybridized carbons (Fsp3) is 0.393. The number of aliphatic carboxylic acids is 1. The lowest BCUT2D eigenvalue weighted by atomic mass is 9.90. The second kappa shape index (κ2) is 13.0. The first-order valence-corrected chi connectivity index (χ1v) is 13.1. The van der Waals surface area contributed by atoms with Gasteiger partial charge in [0.2, 0.25) is 0 Å². The molecular formula is C28H35N7O4. The molecule has 0 unspecified atom stereocenters. The van der Waals surface area contributed by atoms with Crippen LogP contribution in [0, 0.1) is 0 Å². The molecule has 3 heterocycles. The van der Waals surface area contributed by atoms with Crippen LogP contribution >= 0.6 is 0 Å². The average Bonchev–Trinajstić information content (AvgIpc) is 2.98. The molecule has 3 aromatic rings. The summed E-state index contributed by atoms with van der Waals surface area (Å²) in [6, 6.07) is 11.9. The first kappa shape index (κ1) is 27.8. The van der Waals surface area contributed by atoms with Crippen molar-refractivity contribution in [2.75, 3.05) is 23.4 Å². The normalized spacial score (nSPS) is 14.5. The molecule has 2 aromatic heterocycles. The van der Waals surface area contributed by atoms with Gasteiger partial charge in [0, 0.05) is 43.0 Å². The Morgan fingerprint density at radius 3 is 2.56 bits per heavy atom. The minimum absolute atomic E-state index is 0.0109. The Morgan fingerprint density at radius 2 is 1.90 bits per heavy atom. The van der Waals surface area contributed by atoms with Crippen LogP contribution in [0.4, 0.5) is 16.4 Å². The van der Waals surface area contributed by atoms with Crippen molar-refractivity contribution in [3.05, 3.63) is 77.4 Å². The maximum atomic E-state index is 13.0. The number of amides is 1. The van der Waals surface area contributed by atoms with Crippen LogP contribution in [0.5, 0.6) is 0 Å². The minimum atomic E-state index is -1.21. The number of hydrazine groups is 1. The van der Waals surface area contributed by atoms with Crippen LogP contribution in [0.25, 0.3) is 0 Å². The van der Waals surface area contributed by atoms with Gasteiger partial charge in [-0.25, -0.2) is 24.6 Å². The Labute approximate surface area is 228 Å². The number of anilines is 2. The summed E-state index contributed by atoms with van der Waals surface area (Å²) in [4.78, 5) is 40.5. The molecule has 1 fully saturated rings. The monoisotopic (exact) mass is 533 g/mol. The zero-order chi connectivity index (χ0) is 27.8. The van der Waals surface area contributed by atoms with Crippen molar-refractivity contribution in [3.63, 3.8) is 0 Å². The van der Waals surface area contributed by atoms with Gasteiger partial charge in [0.15, 0.2) is 11.9 Å². The number of pyridine rings is 1. The van der Waals surface area contributed by atoms with E-state index in [-0.39, 0.29) is 6.61 Å². The van der Waals surface area contributed by atoms with E-state index in [1.165, 1.54) is 13.3 Å². The number of carbonyl (C=O) groups excluding carboxylic acids is 1. The van der Waals surface area contributed by atoms with Crippen molar-refractivity contribution < 1.29 is 19.4 Å². The van der Waals surface area contributed by atoms with Crippen LogP contribution in [-0.4, -0.2) is 56.3 Å². The van der Waals surface area contributed by atoms with Gasteiger partial charge in [-0.05, 0) is 43.4 Å². The summed E-state index contributed by atoms with van der Waals surface area (Å²) >= 11 is 0. The number of nitrogens with two attached hydrogens (primary N) is 1. The van der Waals surface area contributed by atoms with Crippen LogP contribution in [-0.2, 0) is 29.1 Å². The van der Waals surface area contributed by atoms with Gasteiger partial charge in [0.05, 0.1) is 0 Å². The second-order valence-electron chi connectivity index (χ2n) is 9.43. The van der Waals surface area contributed by atoms with Crippen LogP contribution < -0.4 is 16.1 Å². The predicted molar refractivity (Wildman–Crippen MR) is 147 cm³/mol. The number of nitrogens with zero attached hydrogens (tertiary/aromatic N) is 5. The van der Waals surface area contributed by atoms with E-state index < -0.39 is 18.1 Å². The van der Waals surface area contributed by atoms with Crippen molar-refractivity contribution in [2.45, 2.75) is 58.2 Å². The van der Waals surface area contributed by atoms with Crippen LogP contribution in [0.3, 0.4) is 0 Å². The topological polar surface area (TPSA) is 147 Å². The number of hydrogen-bond acceptors (Lipinski definition) is 9. The summed E-state index contributed by atoms with van der Waals surface area (Å²) in [5.74, 6) is 0.260. The highest BCUT2D eigenvalue weighted by Crippen LogP contribution is 2.33. The molecule has 206 valence electrons. The highest BCUT2D eigenvalue weighted by atomic mass is 16.6. The van der Waals surface area contributed by atoms with Crippen LogP contribution in [0.1, 0.15) is 55.0 Å². The number of carboxylic acids is 1. The Kier molecular flexibility index (Phi) is 9.27. The molecule has 1 aliphatic heterocycles. The molecule has 0 bridgehead atoms. The van der Waals surface area contributed by atoms with Crippen LogP contribution in [0.15, 0.2) is 55.0 Å². The van der Waals surface area contributed by atoms with Crippen molar-refractivity contribution >= 4 is 23.7 Å². The Bertz CT molecular complexity index is 1270. The molecule has 39 heavy (non-hydrogen) atoms. The number of benzene rings is 1. The number of carbonyl (C=O) groups is 2. The van der Waals surface area contributed by atoms with E-state index in [0.717, 1.165) is 59.1 Å². The molecule has 4 N–H and O–H groups in total. The molecule has 1 aromatic carbocycles. The average molecular weight is 534 g/mol. The van der Waals surface area contributed by atoms with E-state index in [4.69, 9.17) is 10.5 Å². The van der Waals surface area contributed by atoms with Gasteiger partial charge in [-0.15, -0.1) is 0 Å². The zero-order valence-corrected chi connectivity index (χ0v) is 22.3. The highest BCUT2D eigenvalue weighted by molar-refractivity contribution is 5.81. The Hall–Kier alpha value is -4.25. The largest absolute Gasteiger partial charge is 0.480 e. The van der Waals surface area contributed by atoms with Gasteiger partial charge in [0.25, 0.3) is 0 Å². The molecule has 11 heteroatoms. The van der Waals surface area contributed by atoms with Crippen molar-refractivity contribution in [2.24, 2.45) is 5.73 Å². The molecule has 0 saturated carbocycles. The van der Waals surface area contributed by atoms with E-state index >= 15 is 0 Å². The number of carboxylic acid groups (broad SMARTS) is 1. The second-order valence-corrected chi connectivity index (χ2v) is 9.43. The van der Waals surface area contributed by atoms with E-state index in [2.05, 4.69) is 25.3 Å². The maximum Gasteiger partial charge on any atom is 0.429 e. The third-order valence-electron chi connectivity index (χ3n) is 6.98. The fourth-order valence-corrected chi connectivity index (χ4v) is 4.77. The van der Waals surface area contributed by atoms with Gasteiger partial charge >= 0.3 is 12.1 Å². The first-order chi connectivity index (χ1) is 18.9. The molecule has 11 nitrogen and oxygen atoms in total. The predicted octanol–water partition coefficient (Wildman–Crippen LogP) is 3.72. The highest BCUT2D eigenvalue weighted by Gasteiger charge is 2.30. The minimum Gasteiger partial charge on any atom is -0.480 e. The third-order valence-corrected chi connectivity index (χ3v) is 6.98. The number of hydrogen-bond donors (Lipinski definition) is 3. The summed E-state index contributed by atoms with van der Waals surface area (Å²) in [6.45, 7) is 5.39. The molecular weight excluding hydrogens is 498 g/mol. The lowest BCUT2D eigenvalue weighted by Crippen LogP contribution is -2.47. The molecule has 0 radical (unpaired) electrons. The van der Waals surface area contributed by atoms with E-state index in [9.17, 15) is 14.7 Å². The Balaban J connectivity index is 1.50. The summed E-state index contributed by atoms with van der Waals surface area (Å²) in [5.41, 5.74) is 12.6. The summed E-state index contributed by atoms with van der Waals surface area (Å²) in [7, 11) is 0. The number of rotatable bonds is 10. The lowest BCUT2D eigenvalue weighted by Gasteiger charge is -2.35. The van der Waals surface area contributed by atoms with Crippen molar-refractivity contribution in [3.8, 4) is 0 Å². The zero-order valence-electron chi connectivity index (χ0n) is 22.3. The van der Waals surface area contributed by atoms with E-state index in [1.807, 2.05) is 55.6 Å². The number of nitrogens with one attached hydrogen (secondary N) is 1. The van der Waals surface area contributed by atoms with E-state index in [0.29, 0.717) is 24.7 Å². The molecule has 1 aliphatic rings. The van der Waals surface area contributed by atoms with Gasteiger partial charge in [0.1, 0.15) is 18.8 Å². The molecule has 1 amide bonds. The number of ether oxygens (including phenoxy) is 1. The molecule has 0 spiro atoms. The van der Waals surface area contributed by atoms with Gasteiger partial charge in [-0.3, -0.25) is 10.4 Å². The van der Waals surface area contributed by atoms with Crippen molar-refractivity contribution in [1.29, 1.82) is 0 Å².